The number of ether oxygens (including phenoxy) is 3. The number of esters is 1. The Labute approximate surface area is 185 Å². The molecular formula is C25H23NO6. The number of aliphatic imine (C=N–C) groups is 1. The van der Waals surface area contributed by atoms with Gasteiger partial charge in [-0.25, -0.2) is 9.59 Å². The van der Waals surface area contributed by atoms with Crippen LogP contribution in [0.5, 0.6) is 11.5 Å². The predicted molar refractivity (Wildman–Crippen MR) is 120 cm³/mol. The highest BCUT2D eigenvalue weighted by atomic mass is 16.5. The maximum absolute atomic E-state index is 11.7. The zero-order valence-corrected chi connectivity index (χ0v) is 17.8. The van der Waals surface area contributed by atoms with Crippen molar-refractivity contribution >= 4 is 23.8 Å². The van der Waals surface area contributed by atoms with Crippen LogP contribution in [0.4, 0.5) is 5.69 Å². The van der Waals surface area contributed by atoms with Gasteiger partial charge in [0.25, 0.3) is 0 Å². The van der Waals surface area contributed by atoms with Gasteiger partial charge in [0.05, 0.1) is 30.5 Å². The van der Waals surface area contributed by atoms with Crippen molar-refractivity contribution in [2.75, 3.05) is 13.7 Å². The summed E-state index contributed by atoms with van der Waals surface area (Å²) >= 11 is 0. The molecule has 0 aliphatic carbocycles. The number of hydrogen-bond donors (Lipinski definition) is 1. The summed E-state index contributed by atoms with van der Waals surface area (Å²) in [7, 11) is 1.55. The van der Waals surface area contributed by atoms with Crippen molar-refractivity contribution in [1.82, 2.24) is 0 Å². The fourth-order valence-corrected chi connectivity index (χ4v) is 2.84. The van der Waals surface area contributed by atoms with Gasteiger partial charge in [0.2, 0.25) is 0 Å². The number of benzene rings is 3. The standard InChI is InChI=1S/C25H23NO6/c1-3-31-25(29)20-9-11-21(12-10-20)26-15-18-6-13-22(23(14-18)30-2)32-16-17-4-7-19(8-5-17)24(27)28/h4-15H,3,16H2,1-2H3,(H,27,28). The molecule has 0 aliphatic heterocycles. The number of aromatic carboxylic acids is 1. The van der Waals surface area contributed by atoms with Crippen LogP contribution in [0.2, 0.25) is 0 Å². The Morgan fingerprint density at radius 3 is 2.25 bits per heavy atom. The minimum Gasteiger partial charge on any atom is -0.493 e. The van der Waals surface area contributed by atoms with Crippen LogP contribution in [0.25, 0.3) is 0 Å². The Kier molecular flexibility index (Phi) is 7.59. The highest BCUT2D eigenvalue weighted by molar-refractivity contribution is 5.90. The van der Waals surface area contributed by atoms with E-state index in [9.17, 15) is 9.59 Å². The van der Waals surface area contributed by atoms with E-state index in [0.29, 0.717) is 29.4 Å². The average molecular weight is 433 g/mol. The number of nitrogens with zero attached hydrogens (tertiary/aromatic N) is 1. The molecule has 7 nitrogen and oxygen atoms in total. The topological polar surface area (TPSA) is 94.4 Å². The molecule has 32 heavy (non-hydrogen) atoms. The zero-order valence-electron chi connectivity index (χ0n) is 17.8. The van der Waals surface area contributed by atoms with Crippen molar-refractivity contribution in [1.29, 1.82) is 0 Å². The molecule has 3 aromatic carbocycles. The van der Waals surface area contributed by atoms with Crippen LogP contribution >= 0.6 is 0 Å². The summed E-state index contributed by atoms with van der Waals surface area (Å²) in [5.74, 6) is -0.216. The number of carboxylic acids is 1. The van der Waals surface area contributed by atoms with Gasteiger partial charge in [-0.3, -0.25) is 4.99 Å². The van der Waals surface area contributed by atoms with Gasteiger partial charge in [-0.05, 0) is 72.6 Å². The number of carbonyl (C=O) groups excluding carboxylic acids is 1. The smallest absolute Gasteiger partial charge is 0.338 e. The second-order valence-corrected chi connectivity index (χ2v) is 6.73. The van der Waals surface area contributed by atoms with Gasteiger partial charge in [0.1, 0.15) is 6.61 Å². The monoisotopic (exact) mass is 433 g/mol. The first kappa shape index (κ1) is 22.6. The summed E-state index contributed by atoms with van der Waals surface area (Å²) in [6.07, 6.45) is 1.69. The minimum absolute atomic E-state index is 0.227. The van der Waals surface area contributed by atoms with Gasteiger partial charge in [0, 0.05) is 6.21 Å². The largest absolute Gasteiger partial charge is 0.493 e. The van der Waals surface area contributed by atoms with Gasteiger partial charge in [-0.1, -0.05) is 12.1 Å². The lowest BCUT2D eigenvalue weighted by Gasteiger charge is -2.11. The van der Waals surface area contributed by atoms with E-state index in [4.69, 9.17) is 19.3 Å². The Bertz CT molecular complexity index is 1100. The molecule has 0 unspecified atom stereocenters. The molecule has 7 heteroatoms. The maximum Gasteiger partial charge on any atom is 0.338 e. The van der Waals surface area contributed by atoms with Gasteiger partial charge >= 0.3 is 11.9 Å². The molecule has 0 aliphatic rings. The van der Waals surface area contributed by atoms with Gasteiger partial charge in [0.15, 0.2) is 11.5 Å². The fraction of sp³-hybridized carbons (Fsp3) is 0.160. The van der Waals surface area contributed by atoms with Gasteiger partial charge in [-0.2, -0.15) is 0 Å². The summed E-state index contributed by atoms with van der Waals surface area (Å²) in [5.41, 5.74) is 3.06. The van der Waals surface area contributed by atoms with Crippen LogP contribution in [-0.2, 0) is 11.3 Å². The summed E-state index contributed by atoms with van der Waals surface area (Å²) in [5, 5.41) is 8.97. The summed E-state index contributed by atoms with van der Waals surface area (Å²) < 4.78 is 16.2. The molecule has 0 saturated heterocycles. The highest BCUT2D eigenvalue weighted by Gasteiger charge is 2.08. The number of hydrogen-bond acceptors (Lipinski definition) is 6. The van der Waals surface area contributed by atoms with E-state index >= 15 is 0 Å². The number of rotatable bonds is 9. The molecule has 164 valence electrons. The van der Waals surface area contributed by atoms with E-state index in [2.05, 4.69) is 4.99 Å². The molecular weight excluding hydrogens is 410 g/mol. The van der Waals surface area contributed by atoms with Crippen molar-refractivity contribution in [2.45, 2.75) is 13.5 Å². The number of methoxy groups -OCH3 is 1. The molecule has 0 saturated carbocycles. The van der Waals surface area contributed by atoms with Crippen molar-refractivity contribution in [3.63, 3.8) is 0 Å². The molecule has 0 fully saturated rings. The molecule has 1 N–H and O–H groups in total. The van der Waals surface area contributed by atoms with Crippen molar-refractivity contribution in [3.05, 3.63) is 89.0 Å². The fourth-order valence-electron chi connectivity index (χ4n) is 2.84. The molecule has 3 rings (SSSR count). The maximum atomic E-state index is 11.7. The van der Waals surface area contributed by atoms with E-state index in [1.807, 2.05) is 6.07 Å². The third-order valence-electron chi connectivity index (χ3n) is 4.52. The number of carbonyl (C=O) groups is 2. The van der Waals surface area contributed by atoms with Crippen molar-refractivity contribution in [2.24, 2.45) is 4.99 Å². The second kappa shape index (κ2) is 10.8. The van der Waals surface area contributed by atoms with E-state index in [0.717, 1.165) is 11.1 Å². The SMILES string of the molecule is CCOC(=O)c1ccc(N=Cc2ccc(OCc3ccc(C(=O)O)cc3)c(OC)c2)cc1. The van der Waals surface area contributed by atoms with E-state index < -0.39 is 5.97 Å². The number of carboxylic acid groups (broad SMARTS) is 1. The summed E-state index contributed by atoms with van der Waals surface area (Å²) in [4.78, 5) is 27.1. The summed E-state index contributed by atoms with van der Waals surface area (Å²) in [6.45, 7) is 2.37. The minimum atomic E-state index is -0.966. The lowest BCUT2D eigenvalue weighted by atomic mass is 10.1. The van der Waals surface area contributed by atoms with Crippen LogP contribution in [0, 0.1) is 0 Å². The molecule has 0 heterocycles. The average Bonchev–Trinajstić information content (AvgIpc) is 2.82. The lowest BCUT2D eigenvalue weighted by molar-refractivity contribution is 0.0526. The Hall–Kier alpha value is -4.13. The van der Waals surface area contributed by atoms with Crippen LogP contribution in [0.15, 0.2) is 71.7 Å². The first-order valence-electron chi connectivity index (χ1n) is 9.94. The van der Waals surface area contributed by atoms with Crippen LogP contribution in [0.3, 0.4) is 0 Å². The summed E-state index contributed by atoms with van der Waals surface area (Å²) in [6, 6.07) is 18.8. The molecule has 0 radical (unpaired) electrons. The van der Waals surface area contributed by atoms with Crippen LogP contribution in [0.1, 0.15) is 38.8 Å². The molecule has 0 aromatic heterocycles. The Balaban J connectivity index is 1.65. The van der Waals surface area contributed by atoms with E-state index in [1.165, 1.54) is 12.1 Å². The Morgan fingerprint density at radius 2 is 1.62 bits per heavy atom. The Morgan fingerprint density at radius 1 is 0.938 bits per heavy atom. The van der Waals surface area contributed by atoms with Gasteiger partial charge in [-0.15, -0.1) is 0 Å². The lowest BCUT2D eigenvalue weighted by Crippen LogP contribution is -2.03. The molecule has 0 spiro atoms. The zero-order chi connectivity index (χ0) is 22.9. The normalized spacial score (nSPS) is 10.7. The molecule has 0 atom stereocenters. The van der Waals surface area contributed by atoms with Gasteiger partial charge < -0.3 is 19.3 Å². The van der Waals surface area contributed by atoms with E-state index in [1.54, 1.807) is 68.8 Å². The van der Waals surface area contributed by atoms with Crippen molar-refractivity contribution in [3.8, 4) is 11.5 Å². The third kappa shape index (κ3) is 5.95. The highest BCUT2D eigenvalue weighted by Crippen LogP contribution is 2.28. The second-order valence-electron chi connectivity index (χ2n) is 6.73. The first-order valence-corrected chi connectivity index (χ1v) is 9.94. The predicted octanol–water partition coefficient (Wildman–Crippen LogP) is 4.90. The van der Waals surface area contributed by atoms with Crippen LogP contribution < -0.4 is 9.47 Å². The third-order valence-corrected chi connectivity index (χ3v) is 4.52. The van der Waals surface area contributed by atoms with Crippen LogP contribution in [-0.4, -0.2) is 37.0 Å². The first-order chi connectivity index (χ1) is 15.5. The molecule has 3 aromatic rings. The quantitative estimate of drug-likeness (QED) is 0.381. The molecule has 0 amide bonds. The van der Waals surface area contributed by atoms with E-state index in [-0.39, 0.29) is 18.1 Å². The van der Waals surface area contributed by atoms with Crippen molar-refractivity contribution < 1.29 is 28.9 Å². The molecule has 0 bridgehead atoms.